The highest BCUT2D eigenvalue weighted by atomic mass is 16.3. The van der Waals surface area contributed by atoms with Gasteiger partial charge in [0.25, 0.3) is 5.56 Å². The molecule has 3 rings (SSSR count). The van der Waals surface area contributed by atoms with Gasteiger partial charge in [-0.15, -0.1) is 0 Å². The topological polar surface area (TPSA) is 74.6 Å². The first-order valence-corrected chi connectivity index (χ1v) is 8.41. The van der Waals surface area contributed by atoms with E-state index in [0.29, 0.717) is 13.0 Å². The summed E-state index contributed by atoms with van der Waals surface area (Å²) < 4.78 is 1.50. The standard InChI is InChI=1S/C19H23N3O3/c1-14-9-10-16(17(24)21(14)2)20-18(25)22-12-6-11-19(22,13-23)15-7-4-3-5-8-15/h3-5,7-10,23H,6,11-13H2,1-2H3,(H,20,25). The smallest absolute Gasteiger partial charge is 0.322 e. The number of nitrogens with zero attached hydrogens (tertiary/aromatic N) is 2. The molecule has 2 amide bonds. The third-order valence-electron chi connectivity index (χ3n) is 5.10. The van der Waals surface area contributed by atoms with Gasteiger partial charge in [-0.2, -0.15) is 0 Å². The fourth-order valence-electron chi connectivity index (χ4n) is 3.48. The molecule has 2 heterocycles. The number of amides is 2. The van der Waals surface area contributed by atoms with Crippen LogP contribution >= 0.6 is 0 Å². The zero-order chi connectivity index (χ0) is 18.0. The molecular weight excluding hydrogens is 318 g/mol. The molecule has 1 aromatic carbocycles. The van der Waals surface area contributed by atoms with Crippen LogP contribution in [0.1, 0.15) is 24.1 Å². The maximum absolute atomic E-state index is 12.9. The minimum atomic E-state index is -0.749. The van der Waals surface area contributed by atoms with Gasteiger partial charge in [0.2, 0.25) is 0 Å². The largest absolute Gasteiger partial charge is 0.394 e. The first kappa shape index (κ1) is 17.2. The molecule has 1 aliphatic heterocycles. The maximum Gasteiger partial charge on any atom is 0.322 e. The summed E-state index contributed by atoms with van der Waals surface area (Å²) in [6, 6.07) is 12.6. The lowest BCUT2D eigenvalue weighted by Crippen LogP contribution is -2.49. The number of aryl methyl sites for hydroxylation is 1. The first-order valence-electron chi connectivity index (χ1n) is 8.41. The number of urea groups is 1. The summed E-state index contributed by atoms with van der Waals surface area (Å²) in [6.07, 6.45) is 1.49. The molecule has 6 heteroatoms. The maximum atomic E-state index is 12.9. The second-order valence-electron chi connectivity index (χ2n) is 6.49. The molecule has 1 saturated heterocycles. The van der Waals surface area contributed by atoms with Gasteiger partial charge in [0.1, 0.15) is 5.69 Å². The highest BCUT2D eigenvalue weighted by Crippen LogP contribution is 2.38. The van der Waals surface area contributed by atoms with Gasteiger partial charge in [-0.1, -0.05) is 30.3 Å². The average Bonchev–Trinajstić information content (AvgIpc) is 3.08. The molecule has 6 nitrogen and oxygen atoms in total. The predicted octanol–water partition coefficient (Wildman–Crippen LogP) is 2.21. The number of hydrogen-bond acceptors (Lipinski definition) is 3. The fourth-order valence-corrected chi connectivity index (χ4v) is 3.48. The van der Waals surface area contributed by atoms with E-state index in [-0.39, 0.29) is 23.9 Å². The Kier molecular flexibility index (Phi) is 4.63. The van der Waals surface area contributed by atoms with Crippen LogP contribution in [0.2, 0.25) is 0 Å². The lowest BCUT2D eigenvalue weighted by Gasteiger charge is -2.37. The number of anilines is 1. The second-order valence-corrected chi connectivity index (χ2v) is 6.49. The number of aliphatic hydroxyl groups is 1. The molecule has 2 aromatic rings. The zero-order valence-electron chi connectivity index (χ0n) is 14.5. The summed E-state index contributed by atoms with van der Waals surface area (Å²) in [6.45, 7) is 2.21. The van der Waals surface area contributed by atoms with Crippen molar-refractivity contribution in [1.82, 2.24) is 9.47 Å². The number of benzene rings is 1. The van der Waals surface area contributed by atoms with Crippen LogP contribution in [-0.2, 0) is 12.6 Å². The molecule has 0 aliphatic carbocycles. The molecule has 0 spiro atoms. The molecule has 1 aliphatic rings. The van der Waals surface area contributed by atoms with Gasteiger partial charge in [0.15, 0.2) is 0 Å². The van der Waals surface area contributed by atoms with Crippen molar-refractivity contribution < 1.29 is 9.90 Å². The van der Waals surface area contributed by atoms with E-state index in [9.17, 15) is 14.7 Å². The van der Waals surface area contributed by atoms with E-state index in [1.54, 1.807) is 24.1 Å². The quantitative estimate of drug-likeness (QED) is 0.899. The van der Waals surface area contributed by atoms with E-state index in [1.165, 1.54) is 4.57 Å². The molecule has 2 N–H and O–H groups in total. The van der Waals surface area contributed by atoms with E-state index in [0.717, 1.165) is 17.7 Å². The molecule has 132 valence electrons. The minimum absolute atomic E-state index is 0.156. The highest BCUT2D eigenvalue weighted by molar-refractivity contribution is 5.90. The molecule has 1 atom stereocenters. The first-order chi connectivity index (χ1) is 12.0. The Labute approximate surface area is 146 Å². The van der Waals surface area contributed by atoms with Crippen molar-refractivity contribution in [3.63, 3.8) is 0 Å². The van der Waals surface area contributed by atoms with Crippen LogP contribution < -0.4 is 10.9 Å². The number of aliphatic hydroxyl groups excluding tert-OH is 1. The summed E-state index contributed by atoms with van der Waals surface area (Å²) in [5.74, 6) is 0. The lowest BCUT2D eigenvalue weighted by molar-refractivity contribution is 0.0885. The van der Waals surface area contributed by atoms with Crippen LogP contribution in [0.15, 0.2) is 47.3 Å². The number of rotatable bonds is 3. The minimum Gasteiger partial charge on any atom is -0.394 e. The summed E-state index contributed by atoms with van der Waals surface area (Å²) in [5, 5.41) is 12.8. The van der Waals surface area contributed by atoms with E-state index < -0.39 is 5.54 Å². The Bertz CT molecular complexity index is 832. The van der Waals surface area contributed by atoms with Crippen molar-refractivity contribution in [2.75, 3.05) is 18.5 Å². The third kappa shape index (κ3) is 2.93. The Hall–Kier alpha value is -2.60. The van der Waals surface area contributed by atoms with Crippen LogP contribution in [0.25, 0.3) is 0 Å². The lowest BCUT2D eigenvalue weighted by atomic mass is 9.88. The van der Waals surface area contributed by atoms with Crippen molar-refractivity contribution in [3.8, 4) is 0 Å². The Balaban J connectivity index is 1.91. The van der Waals surface area contributed by atoms with Crippen LogP contribution in [0.4, 0.5) is 10.5 Å². The normalized spacial score (nSPS) is 19.9. The van der Waals surface area contributed by atoms with Crippen molar-refractivity contribution in [2.45, 2.75) is 25.3 Å². The Morgan fingerprint density at radius 3 is 2.64 bits per heavy atom. The number of aromatic nitrogens is 1. The predicted molar refractivity (Wildman–Crippen MR) is 96.6 cm³/mol. The van der Waals surface area contributed by atoms with Gasteiger partial charge in [-0.05, 0) is 37.5 Å². The number of likely N-dealkylation sites (tertiary alicyclic amines) is 1. The molecular formula is C19H23N3O3. The van der Waals surface area contributed by atoms with Gasteiger partial charge in [0.05, 0.1) is 12.1 Å². The van der Waals surface area contributed by atoms with Gasteiger partial charge in [0, 0.05) is 19.3 Å². The average molecular weight is 341 g/mol. The number of carbonyl (C=O) groups excluding carboxylic acids is 1. The van der Waals surface area contributed by atoms with E-state index in [1.807, 2.05) is 37.3 Å². The van der Waals surface area contributed by atoms with Crippen LogP contribution in [0, 0.1) is 6.92 Å². The van der Waals surface area contributed by atoms with Gasteiger partial charge in [-0.25, -0.2) is 4.79 Å². The second kappa shape index (κ2) is 6.72. The molecule has 25 heavy (non-hydrogen) atoms. The number of pyridine rings is 1. The monoisotopic (exact) mass is 341 g/mol. The van der Waals surface area contributed by atoms with E-state index >= 15 is 0 Å². The van der Waals surface area contributed by atoms with Gasteiger partial charge in [-0.3, -0.25) is 4.79 Å². The van der Waals surface area contributed by atoms with Crippen molar-refractivity contribution in [1.29, 1.82) is 0 Å². The number of nitrogens with one attached hydrogen (secondary N) is 1. The summed E-state index contributed by atoms with van der Waals surface area (Å²) in [7, 11) is 1.67. The summed E-state index contributed by atoms with van der Waals surface area (Å²) in [4.78, 5) is 26.8. The molecule has 0 bridgehead atoms. The van der Waals surface area contributed by atoms with Gasteiger partial charge >= 0.3 is 6.03 Å². The Morgan fingerprint density at radius 1 is 1.24 bits per heavy atom. The number of carbonyl (C=O) groups is 1. The summed E-state index contributed by atoms with van der Waals surface area (Å²) >= 11 is 0. The Morgan fingerprint density at radius 2 is 1.96 bits per heavy atom. The third-order valence-corrected chi connectivity index (χ3v) is 5.10. The SMILES string of the molecule is Cc1ccc(NC(=O)N2CCCC2(CO)c2ccccc2)c(=O)n1C. The van der Waals surface area contributed by atoms with Crippen LogP contribution in [0.5, 0.6) is 0 Å². The summed E-state index contributed by atoms with van der Waals surface area (Å²) in [5.41, 5.74) is 0.966. The molecule has 1 fully saturated rings. The van der Waals surface area contributed by atoms with Crippen LogP contribution in [-0.4, -0.2) is 33.8 Å². The van der Waals surface area contributed by atoms with E-state index in [2.05, 4.69) is 5.32 Å². The van der Waals surface area contributed by atoms with Crippen molar-refractivity contribution in [3.05, 3.63) is 64.1 Å². The van der Waals surface area contributed by atoms with Crippen LogP contribution in [0.3, 0.4) is 0 Å². The molecule has 0 saturated carbocycles. The highest BCUT2D eigenvalue weighted by Gasteiger charge is 2.44. The zero-order valence-corrected chi connectivity index (χ0v) is 14.5. The molecule has 1 unspecified atom stereocenters. The fraction of sp³-hybridized carbons (Fsp3) is 0.368. The van der Waals surface area contributed by atoms with Gasteiger partial charge < -0.3 is 19.9 Å². The van der Waals surface area contributed by atoms with E-state index in [4.69, 9.17) is 0 Å². The van der Waals surface area contributed by atoms with Crippen molar-refractivity contribution >= 4 is 11.7 Å². The van der Waals surface area contributed by atoms with Crippen molar-refractivity contribution in [2.24, 2.45) is 7.05 Å². The number of hydrogen-bond donors (Lipinski definition) is 2. The molecule has 0 radical (unpaired) electrons. The molecule has 1 aromatic heterocycles.